The first-order valence-corrected chi connectivity index (χ1v) is 8.08. The zero-order chi connectivity index (χ0) is 17.3. The number of benzene rings is 1. The van der Waals surface area contributed by atoms with Gasteiger partial charge in [-0.1, -0.05) is 17.7 Å². The minimum Gasteiger partial charge on any atom is -0.482 e. The fourth-order valence-corrected chi connectivity index (χ4v) is 3.14. The average Bonchev–Trinajstić information content (AvgIpc) is 2.82. The van der Waals surface area contributed by atoms with Crippen molar-refractivity contribution >= 4 is 29.4 Å². The van der Waals surface area contributed by atoms with E-state index in [-0.39, 0.29) is 18.4 Å². The lowest BCUT2D eigenvalue weighted by molar-refractivity contribution is -0.137. The molecule has 1 aromatic rings. The Kier molecular flexibility index (Phi) is 4.36. The Morgan fingerprint density at radius 2 is 2.04 bits per heavy atom. The molecule has 0 aliphatic carbocycles. The lowest BCUT2D eigenvalue weighted by Gasteiger charge is -2.36. The molecule has 2 aliphatic heterocycles. The monoisotopic (exact) mass is 351 g/mol. The molecule has 4 amide bonds. The number of nitrogens with one attached hydrogen (secondary N) is 2. The van der Waals surface area contributed by atoms with Crippen LogP contribution in [0.4, 0.5) is 4.79 Å². The van der Waals surface area contributed by atoms with Gasteiger partial charge in [0, 0.05) is 13.1 Å². The van der Waals surface area contributed by atoms with Gasteiger partial charge in [0.15, 0.2) is 6.61 Å². The molecule has 1 spiro atoms. The molecule has 2 N–H and O–H groups in total. The maximum absolute atomic E-state index is 12.3. The van der Waals surface area contributed by atoms with Crippen LogP contribution in [-0.4, -0.2) is 48.0 Å². The summed E-state index contributed by atoms with van der Waals surface area (Å²) in [5, 5.41) is 5.37. The number of piperidine rings is 1. The number of rotatable bonds is 3. The molecule has 0 atom stereocenters. The third-order valence-corrected chi connectivity index (χ3v) is 4.73. The lowest BCUT2D eigenvalue weighted by atomic mass is 9.88. The zero-order valence-electron chi connectivity index (χ0n) is 13.2. The van der Waals surface area contributed by atoms with Gasteiger partial charge in [-0.2, -0.15) is 0 Å². The predicted octanol–water partition coefficient (Wildman–Crippen LogP) is 1.23. The average molecular weight is 352 g/mol. The molecule has 128 valence electrons. The van der Waals surface area contributed by atoms with E-state index >= 15 is 0 Å². The van der Waals surface area contributed by atoms with E-state index in [2.05, 4.69) is 10.6 Å². The summed E-state index contributed by atoms with van der Waals surface area (Å²) in [5.41, 5.74) is 0.110. The molecular formula is C16H18ClN3O4. The van der Waals surface area contributed by atoms with Crippen molar-refractivity contribution in [1.29, 1.82) is 0 Å². The van der Waals surface area contributed by atoms with E-state index in [1.807, 2.05) is 13.0 Å². The van der Waals surface area contributed by atoms with Crippen molar-refractivity contribution in [1.82, 2.24) is 15.5 Å². The van der Waals surface area contributed by atoms with Crippen LogP contribution in [-0.2, 0) is 9.59 Å². The molecule has 0 bridgehead atoms. The number of amides is 4. The zero-order valence-corrected chi connectivity index (χ0v) is 14.0. The molecular weight excluding hydrogens is 334 g/mol. The Morgan fingerprint density at radius 3 is 2.67 bits per heavy atom. The second-order valence-corrected chi connectivity index (χ2v) is 6.50. The first-order chi connectivity index (χ1) is 11.4. The van der Waals surface area contributed by atoms with Gasteiger partial charge in [0.1, 0.15) is 11.3 Å². The molecule has 24 heavy (non-hydrogen) atoms. The highest BCUT2D eigenvalue weighted by Gasteiger charge is 2.48. The summed E-state index contributed by atoms with van der Waals surface area (Å²) in [5.74, 6) is -0.0181. The molecule has 2 heterocycles. The summed E-state index contributed by atoms with van der Waals surface area (Å²) < 4.78 is 5.52. The highest BCUT2D eigenvalue weighted by atomic mass is 35.5. The Morgan fingerprint density at radius 1 is 1.33 bits per heavy atom. The third-order valence-electron chi connectivity index (χ3n) is 4.42. The topological polar surface area (TPSA) is 87.7 Å². The molecule has 2 fully saturated rings. The van der Waals surface area contributed by atoms with Crippen LogP contribution in [0.25, 0.3) is 0 Å². The first-order valence-electron chi connectivity index (χ1n) is 7.70. The summed E-state index contributed by atoms with van der Waals surface area (Å²) in [6, 6.07) is 4.89. The number of likely N-dealkylation sites (tertiary alicyclic amines) is 1. The van der Waals surface area contributed by atoms with Gasteiger partial charge in [-0.15, -0.1) is 0 Å². The summed E-state index contributed by atoms with van der Waals surface area (Å²) in [6.07, 6.45) is 0.781. The van der Waals surface area contributed by atoms with Crippen LogP contribution >= 0.6 is 11.6 Å². The first kappa shape index (κ1) is 16.6. The number of urea groups is 1. The van der Waals surface area contributed by atoms with Gasteiger partial charge in [-0.3, -0.25) is 14.9 Å². The second-order valence-electron chi connectivity index (χ2n) is 6.09. The minimum atomic E-state index is -0.880. The van der Waals surface area contributed by atoms with Crippen LogP contribution in [0.1, 0.15) is 18.4 Å². The summed E-state index contributed by atoms with van der Waals surface area (Å²) >= 11 is 6.04. The number of hydrogen-bond donors (Lipinski definition) is 2. The third kappa shape index (κ3) is 3.17. The van der Waals surface area contributed by atoms with Crippen molar-refractivity contribution in [2.75, 3.05) is 19.7 Å². The van der Waals surface area contributed by atoms with Gasteiger partial charge in [-0.25, -0.2) is 4.79 Å². The SMILES string of the molecule is Cc1ccc(Cl)c(OCC(=O)N2CCC3(CC2)NC(=O)NC3=O)c1. The van der Waals surface area contributed by atoms with Gasteiger partial charge in [0.2, 0.25) is 0 Å². The molecule has 0 radical (unpaired) electrons. The number of aryl methyl sites for hydroxylation is 1. The number of nitrogens with zero attached hydrogens (tertiary/aromatic N) is 1. The van der Waals surface area contributed by atoms with Gasteiger partial charge >= 0.3 is 6.03 Å². The van der Waals surface area contributed by atoms with Crippen LogP contribution in [0, 0.1) is 6.92 Å². The van der Waals surface area contributed by atoms with Crippen LogP contribution in [0.2, 0.25) is 5.02 Å². The Labute approximate surface area is 144 Å². The van der Waals surface area contributed by atoms with Crippen molar-refractivity contribution < 1.29 is 19.1 Å². The number of carbonyl (C=O) groups is 3. The smallest absolute Gasteiger partial charge is 0.322 e. The van der Waals surface area contributed by atoms with Crippen LogP contribution in [0.15, 0.2) is 18.2 Å². The van der Waals surface area contributed by atoms with E-state index in [9.17, 15) is 14.4 Å². The van der Waals surface area contributed by atoms with Gasteiger partial charge in [0.25, 0.3) is 11.8 Å². The summed E-state index contributed by atoms with van der Waals surface area (Å²) in [7, 11) is 0. The van der Waals surface area contributed by atoms with E-state index in [4.69, 9.17) is 16.3 Å². The fourth-order valence-electron chi connectivity index (χ4n) is 2.97. The maximum atomic E-state index is 12.3. The van der Waals surface area contributed by atoms with E-state index in [0.717, 1.165) is 5.56 Å². The second kappa shape index (κ2) is 6.32. The molecule has 3 rings (SSSR count). The quantitative estimate of drug-likeness (QED) is 0.802. The standard InChI is InChI=1S/C16H18ClN3O4/c1-10-2-3-11(17)12(8-10)24-9-13(21)20-6-4-16(5-7-20)14(22)18-15(23)19-16/h2-3,8H,4-7,9H2,1H3,(H2,18,19,22,23). The molecule has 0 aromatic heterocycles. The van der Waals surface area contributed by atoms with Gasteiger partial charge in [-0.05, 0) is 37.5 Å². The van der Waals surface area contributed by atoms with Crippen LogP contribution in [0.5, 0.6) is 5.75 Å². The Bertz CT molecular complexity index is 699. The van der Waals surface area contributed by atoms with Crippen LogP contribution in [0.3, 0.4) is 0 Å². The van der Waals surface area contributed by atoms with Gasteiger partial charge < -0.3 is 15.0 Å². The van der Waals surface area contributed by atoms with Crippen molar-refractivity contribution in [2.24, 2.45) is 0 Å². The molecule has 0 unspecified atom stereocenters. The highest BCUT2D eigenvalue weighted by Crippen LogP contribution is 2.27. The highest BCUT2D eigenvalue weighted by molar-refractivity contribution is 6.32. The van der Waals surface area contributed by atoms with Gasteiger partial charge in [0.05, 0.1) is 5.02 Å². The fraction of sp³-hybridized carbons (Fsp3) is 0.438. The van der Waals surface area contributed by atoms with Crippen molar-refractivity contribution in [3.63, 3.8) is 0 Å². The van der Waals surface area contributed by atoms with Crippen molar-refractivity contribution in [3.05, 3.63) is 28.8 Å². The van der Waals surface area contributed by atoms with E-state index in [0.29, 0.717) is 36.7 Å². The summed E-state index contributed by atoms with van der Waals surface area (Å²) in [4.78, 5) is 37.1. The van der Waals surface area contributed by atoms with E-state index in [1.54, 1.807) is 17.0 Å². The molecule has 2 aliphatic rings. The Balaban J connectivity index is 1.55. The number of hydrogen-bond acceptors (Lipinski definition) is 4. The molecule has 2 saturated heterocycles. The minimum absolute atomic E-state index is 0.116. The lowest BCUT2D eigenvalue weighted by Crippen LogP contribution is -2.56. The molecule has 7 nitrogen and oxygen atoms in total. The molecule has 8 heteroatoms. The largest absolute Gasteiger partial charge is 0.482 e. The van der Waals surface area contributed by atoms with Crippen molar-refractivity contribution in [3.8, 4) is 5.75 Å². The maximum Gasteiger partial charge on any atom is 0.322 e. The summed E-state index contributed by atoms with van der Waals surface area (Å²) in [6.45, 7) is 2.57. The number of imide groups is 1. The van der Waals surface area contributed by atoms with E-state index < -0.39 is 11.6 Å². The number of ether oxygens (including phenoxy) is 1. The number of carbonyl (C=O) groups excluding carboxylic acids is 3. The van der Waals surface area contributed by atoms with Crippen molar-refractivity contribution in [2.45, 2.75) is 25.3 Å². The van der Waals surface area contributed by atoms with Crippen LogP contribution < -0.4 is 15.4 Å². The predicted molar refractivity (Wildman–Crippen MR) is 86.9 cm³/mol. The number of halogens is 1. The molecule has 1 aromatic carbocycles. The normalized spacial score (nSPS) is 19.2. The Hall–Kier alpha value is -2.28. The van der Waals surface area contributed by atoms with E-state index in [1.165, 1.54) is 0 Å². The molecule has 0 saturated carbocycles.